The van der Waals surface area contributed by atoms with E-state index in [0.29, 0.717) is 23.9 Å². The quantitative estimate of drug-likeness (QED) is 0.725. The number of hydrogen-bond acceptors (Lipinski definition) is 4. The van der Waals surface area contributed by atoms with Gasteiger partial charge in [0, 0.05) is 29.5 Å². The van der Waals surface area contributed by atoms with Crippen LogP contribution in [0.2, 0.25) is 0 Å². The Hall–Kier alpha value is -0.140. The van der Waals surface area contributed by atoms with Gasteiger partial charge in [-0.1, -0.05) is 0 Å². The SMILES string of the molecule is COCCN(C1CC1)S(=O)(=O)c1cc(CCl)sc1C. The van der Waals surface area contributed by atoms with Crippen LogP contribution >= 0.6 is 22.9 Å². The molecule has 1 aromatic rings. The van der Waals surface area contributed by atoms with Gasteiger partial charge in [-0.25, -0.2) is 8.42 Å². The summed E-state index contributed by atoms with van der Waals surface area (Å²) in [5.41, 5.74) is 0. The van der Waals surface area contributed by atoms with Crippen LogP contribution in [0.4, 0.5) is 0 Å². The second kappa shape index (κ2) is 6.10. The van der Waals surface area contributed by atoms with Gasteiger partial charge in [0.1, 0.15) is 0 Å². The Balaban J connectivity index is 2.30. The number of ether oxygens (including phenoxy) is 1. The molecule has 4 nitrogen and oxygen atoms in total. The van der Waals surface area contributed by atoms with Crippen LogP contribution in [-0.4, -0.2) is 39.0 Å². The van der Waals surface area contributed by atoms with Crippen molar-refractivity contribution in [1.82, 2.24) is 4.31 Å². The fourth-order valence-electron chi connectivity index (χ4n) is 2.02. The van der Waals surface area contributed by atoms with E-state index in [9.17, 15) is 8.42 Å². The lowest BCUT2D eigenvalue weighted by Gasteiger charge is -2.21. The molecular weight excluding hydrogens is 306 g/mol. The van der Waals surface area contributed by atoms with E-state index in [1.807, 2.05) is 6.92 Å². The lowest BCUT2D eigenvalue weighted by atomic mass is 10.4. The molecule has 0 aromatic carbocycles. The minimum atomic E-state index is -3.42. The molecule has 0 saturated heterocycles. The van der Waals surface area contributed by atoms with E-state index >= 15 is 0 Å². The predicted octanol–water partition coefficient (Wildman–Crippen LogP) is 2.59. The molecule has 108 valence electrons. The number of methoxy groups -OCH3 is 1. The third-order valence-corrected chi connectivity index (χ3v) is 6.82. The zero-order chi connectivity index (χ0) is 14.0. The zero-order valence-corrected chi connectivity index (χ0v) is 13.4. The largest absolute Gasteiger partial charge is 0.383 e. The van der Waals surface area contributed by atoms with Gasteiger partial charge in [0.15, 0.2) is 0 Å². The van der Waals surface area contributed by atoms with Crippen LogP contribution in [0.15, 0.2) is 11.0 Å². The molecule has 0 bridgehead atoms. The van der Waals surface area contributed by atoms with Gasteiger partial charge in [0.2, 0.25) is 10.0 Å². The summed E-state index contributed by atoms with van der Waals surface area (Å²) in [5, 5.41) is 0. The molecule has 0 N–H and O–H groups in total. The standard InChI is InChI=1S/C12H18ClNO3S2/c1-9-12(7-11(8-13)18-9)19(15,16)14(5-6-17-2)10-3-4-10/h7,10H,3-6,8H2,1-2H3. The van der Waals surface area contributed by atoms with E-state index in [4.69, 9.17) is 16.3 Å². The normalized spacial score (nSPS) is 16.2. The number of thiophene rings is 1. The highest BCUT2D eigenvalue weighted by Gasteiger charge is 2.38. The van der Waals surface area contributed by atoms with E-state index in [1.165, 1.54) is 11.3 Å². The fourth-order valence-corrected chi connectivity index (χ4v) is 5.38. The minimum Gasteiger partial charge on any atom is -0.383 e. The number of alkyl halides is 1. The molecule has 0 radical (unpaired) electrons. The van der Waals surface area contributed by atoms with Gasteiger partial charge in [-0.15, -0.1) is 22.9 Å². The number of rotatable bonds is 7. The van der Waals surface area contributed by atoms with Crippen molar-refractivity contribution in [2.45, 2.75) is 36.6 Å². The Bertz CT molecular complexity index is 537. The van der Waals surface area contributed by atoms with Gasteiger partial charge >= 0.3 is 0 Å². The lowest BCUT2D eigenvalue weighted by Crippen LogP contribution is -2.35. The van der Waals surface area contributed by atoms with Crippen molar-refractivity contribution in [2.75, 3.05) is 20.3 Å². The molecule has 1 aliphatic carbocycles. The van der Waals surface area contributed by atoms with Gasteiger partial charge in [0.25, 0.3) is 0 Å². The van der Waals surface area contributed by atoms with Crippen molar-refractivity contribution in [2.24, 2.45) is 0 Å². The highest BCUT2D eigenvalue weighted by molar-refractivity contribution is 7.89. The summed E-state index contributed by atoms with van der Waals surface area (Å²) in [4.78, 5) is 2.09. The number of hydrogen-bond donors (Lipinski definition) is 0. The topological polar surface area (TPSA) is 46.6 Å². The molecule has 0 unspecified atom stereocenters. The monoisotopic (exact) mass is 323 g/mol. The molecule has 1 heterocycles. The molecule has 1 aromatic heterocycles. The Kier molecular flexibility index (Phi) is 4.89. The van der Waals surface area contributed by atoms with Gasteiger partial charge in [-0.2, -0.15) is 4.31 Å². The van der Waals surface area contributed by atoms with Crippen LogP contribution in [0, 0.1) is 6.92 Å². The minimum absolute atomic E-state index is 0.138. The molecule has 1 saturated carbocycles. The van der Waals surface area contributed by atoms with Crippen molar-refractivity contribution in [3.05, 3.63) is 15.8 Å². The summed E-state index contributed by atoms with van der Waals surface area (Å²) in [6.45, 7) is 2.66. The van der Waals surface area contributed by atoms with Crippen LogP contribution in [0.25, 0.3) is 0 Å². The Morgan fingerprint density at radius 1 is 1.53 bits per heavy atom. The van der Waals surface area contributed by atoms with E-state index in [2.05, 4.69) is 0 Å². The van der Waals surface area contributed by atoms with Crippen LogP contribution in [0.3, 0.4) is 0 Å². The van der Waals surface area contributed by atoms with Crippen LogP contribution < -0.4 is 0 Å². The highest BCUT2D eigenvalue weighted by atomic mass is 35.5. The molecule has 0 spiro atoms. The second-order valence-electron chi connectivity index (χ2n) is 4.61. The highest BCUT2D eigenvalue weighted by Crippen LogP contribution is 2.35. The predicted molar refractivity (Wildman–Crippen MR) is 77.4 cm³/mol. The molecular formula is C12H18ClNO3S2. The van der Waals surface area contributed by atoms with Gasteiger partial charge in [-0.05, 0) is 25.8 Å². The maximum absolute atomic E-state index is 12.7. The molecule has 0 atom stereocenters. The number of aryl methyl sites for hydroxylation is 1. The first-order valence-electron chi connectivity index (χ1n) is 6.16. The Labute approximate surface area is 123 Å². The molecule has 0 aliphatic heterocycles. The fraction of sp³-hybridized carbons (Fsp3) is 0.667. The average molecular weight is 324 g/mol. The smallest absolute Gasteiger partial charge is 0.244 e. The first kappa shape index (κ1) is 15.3. The van der Waals surface area contributed by atoms with Gasteiger partial charge in [-0.3, -0.25) is 0 Å². The Morgan fingerprint density at radius 3 is 2.68 bits per heavy atom. The molecule has 1 fully saturated rings. The average Bonchev–Trinajstić information content (AvgIpc) is 3.11. The van der Waals surface area contributed by atoms with Crippen molar-refractivity contribution < 1.29 is 13.2 Å². The molecule has 7 heteroatoms. The summed E-state index contributed by atoms with van der Waals surface area (Å²) < 4.78 is 32.0. The van der Waals surface area contributed by atoms with E-state index < -0.39 is 10.0 Å². The summed E-state index contributed by atoms with van der Waals surface area (Å²) >= 11 is 7.23. The third-order valence-electron chi connectivity index (χ3n) is 3.11. The summed E-state index contributed by atoms with van der Waals surface area (Å²) in [6.07, 6.45) is 1.88. The van der Waals surface area contributed by atoms with Crippen LogP contribution in [0.5, 0.6) is 0 Å². The Morgan fingerprint density at radius 2 is 2.21 bits per heavy atom. The van der Waals surface area contributed by atoms with Crippen LogP contribution in [-0.2, 0) is 20.6 Å². The number of halogens is 1. The van der Waals surface area contributed by atoms with Crippen molar-refractivity contribution >= 4 is 33.0 Å². The second-order valence-corrected chi connectivity index (χ2v) is 8.07. The van der Waals surface area contributed by atoms with Gasteiger partial charge in [0.05, 0.1) is 17.4 Å². The van der Waals surface area contributed by atoms with E-state index in [0.717, 1.165) is 22.6 Å². The lowest BCUT2D eigenvalue weighted by molar-refractivity contribution is 0.177. The van der Waals surface area contributed by atoms with Crippen LogP contribution in [0.1, 0.15) is 22.6 Å². The molecule has 0 amide bonds. The van der Waals surface area contributed by atoms with Gasteiger partial charge < -0.3 is 4.74 Å². The molecule has 1 aliphatic rings. The molecule has 19 heavy (non-hydrogen) atoms. The van der Waals surface area contributed by atoms with E-state index in [-0.39, 0.29) is 6.04 Å². The van der Waals surface area contributed by atoms with E-state index in [1.54, 1.807) is 17.5 Å². The third kappa shape index (κ3) is 3.31. The van der Waals surface area contributed by atoms with Crippen molar-refractivity contribution in [3.8, 4) is 0 Å². The maximum Gasteiger partial charge on any atom is 0.244 e. The summed E-state index contributed by atoms with van der Waals surface area (Å²) in [7, 11) is -1.84. The first-order valence-corrected chi connectivity index (χ1v) is 8.96. The molecule has 2 rings (SSSR count). The van der Waals surface area contributed by atoms with Crippen molar-refractivity contribution in [3.63, 3.8) is 0 Å². The van der Waals surface area contributed by atoms with Crippen molar-refractivity contribution in [1.29, 1.82) is 0 Å². The summed E-state index contributed by atoms with van der Waals surface area (Å²) in [5.74, 6) is 0.350. The first-order chi connectivity index (χ1) is 9.00. The summed E-state index contributed by atoms with van der Waals surface area (Å²) in [6, 6.07) is 1.84. The number of nitrogens with zero attached hydrogens (tertiary/aromatic N) is 1. The number of sulfonamides is 1. The maximum atomic E-state index is 12.7. The zero-order valence-electron chi connectivity index (χ0n) is 11.1.